The van der Waals surface area contributed by atoms with Crippen molar-refractivity contribution in [3.63, 3.8) is 0 Å². The number of ether oxygens (including phenoxy) is 2. The highest BCUT2D eigenvalue weighted by Crippen LogP contribution is 2.45. The molecule has 2 saturated heterocycles. The molecule has 7 atom stereocenters. The molecular formula is C30H45NO6. The van der Waals surface area contributed by atoms with Gasteiger partial charge in [0, 0.05) is 18.5 Å². The lowest BCUT2D eigenvalue weighted by Gasteiger charge is -2.36. The summed E-state index contributed by atoms with van der Waals surface area (Å²) in [7, 11) is 0. The number of aliphatic hydroxyl groups excluding tert-OH is 2. The molecule has 2 aliphatic heterocycles. The summed E-state index contributed by atoms with van der Waals surface area (Å²) < 4.78 is 12.0. The first-order valence-electron chi connectivity index (χ1n) is 13.8. The highest BCUT2D eigenvalue weighted by atomic mass is 16.6. The van der Waals surface area contributed by atoms with E-state index in [1.807, 2.05) is 45.0 Å². The number of hydrogen-bond acceptors (Lipinski definition) is 7. The third-order valence-corrected chi connectivity index (χ3v) is 8.40. The first kappa shape index (κ1) is 29.5. The quantitative estimate of drug-likeness (QED) is 0.434. The van der Waals surface area contributed by atoms with Gasteiger partial charge < -0.3 is 19.7 Å². The number of ketones is 1. The first-order valence-corrected chi connectivity index (χ1v) is 13.8. The molecule has 1 aromatic heterocycles. The molecule has 0 spiro atoms. The van der Waals surface area contributed by atoms with E-state index in [2.05, 4.69) is 11.9 Å². The van der Waals surface area contributed by atoms with Gasteiger partial charge in [-0.2, -0.15) is 0 Å². The lowest BCUT2D eigenvalue weighted by atomic mass is 9.71. The lowest BCUT2D eigenvalue weighted by molar-refractivity contribution is -0.154. The van der Waals surface area contributed by atoms with Gasteiger partial charge in [0.1, 0.15) is 11.9 Å². The molecule has 0 unspecified atom stereocenters. The number of aromatic nitrogens is 1. The summed E-state index contributed by atoms with van der Waals surface area (Å²) in [5, 5.41) is 22.2. The van der Waals surface area contributed by atoms with Crippen LogP contribution in [0.3, 0.4) is 0 Å². The fourth-order valence-corrected chi connectivity index (χ4v) is 5.49. The van der Waals surface area contributed by atoms with Crippen molar-refractivity contribution in [1.82, 2.24) is 4.98 Å². The van der Waals surface area contributed by atoms with Crippen molar-refractivity contribution in [2.75, 3.05) is 0 Å². The van der Waals surface area contributed by atoms with Crippen molar-refractivity contribution < 1.29 is 29.3 Å². The number of nitrogens with zero attached hydrogens (tertiary/aromatic N) is 1. The minimum absolute atomic E-state index is 0.0544. The number of Topliss-reactive ketones (excluding diaryl/α,β-unsaturated/α-hetero) is 1. The van der Waals surface area contributed by atoms with Gasteiger partial charge in [0.15, 0.2) is 0 Å². The molecule has 0 amide bonds. The number of carbonyl (C=O) groups is 2. The van der Waals surface area contributed by atoms with Gasteiger partial charge >= 0.3 is 5.97 Å². The average Bonchev–Trinajstić information content (AvgIpc) is 3.49. The molecule has 2 fully saturated rings. The van der Waals surface area contributed by atoms with E-state index in [9.17, 15) is 19.8 Å². The molecule has 3 rings (SSSR count). The minimum atomic E-state index is -1.23. The smallest absolute Gasteiger partial charge is 0.309 e. The first-order chi connectivity index (χ1) is 17.4. The number of esters is 1. The van der Waals surface area contributed by atoms with Crippen LogP contribution in [0, 0.1) is 17.3 Å². The Bertz CT molecular complexity index is 960. The summed E-state index contributed by atoms with van der Waals surface area (Å²) in [5.74, 6) is -1.43. The fourth-order valence-electron chi connectivity index (χ4n) is 5.49. The Morgan fingerprint density at radius 1 is 1.22 bits per heavy atom. The Labute approximate surface area is 221 Å². The molecule has 3 heterocycles. The SMILES string of the molecule is CCC[C@H]1C(=O)C(C)(C)[C@@H](O)CC(=O)O[C@H](C(C)=Cc2ccccn2)C[C@H]2O[C@@]2(C)CCC[C@H](C)[C@@H]1O. The predicted octanol–water partition coefficient (Wildman–Crippen LogP) is 4.89. The van der Waals surface area contributed by atoms with E-state index < -0.39 is 35.6 Å². The Balaban J connectivity index is 1.88. The van der Waals surface area contributed by atoms with Crippen molar-refractivity contribution in [2.24, 2.45) is 17.3 Å². The number of carbonyl (C=O) groups excluding carboxylic acids is 2. The molecule has 7 nitrogen and oxygen atoms in total. The van der Waals surface area contributed by atoms with Crippen LogP contribution in [0.1, 0.15) is 92.2 Å². The standard InChI is InChI=1S/C30H45NO6/c1-7-11-22-27(34)19(2)12-10-14-30(6)25(37-30)17-23(20(3)16-21-13-8-9-15-31-21)36-26(33)18-24(32)29(4,5)28(22)35/h8-9,13,15-16,19,22-25,27,32,34H,7,10-12,14,17-18H2,1-6H3/t19-,22+,23-,24-,25+,27-,30-/m0/s1. The highest BCUT2D eigenvalue weighted by molar-refractivity contribution is 5.88. The lowest BCUT2D eigenvalue weighted by Crippen LogP contribution is -2.46. The van der Waals surface area contributed by atoms with Gasteiger partial charge in [0.2, 0.25) is 0 Å². The Morgan fingerprint density at radius 2 is 1.95 bits per heavy atom. The summed E-state index contributed by atoms with van der Waals surface area (Å²) in [6.45, 7) is 11.3. The molecule has 0 saturated carbocycles. The zero-order valence-electron chi connectivity index (χ0n) is 23.3. The van der Waals surface area contributed by atoms with Crippen LogP contribution in [0.15, 0.2) is 30.0 Å². The van der Waals surface area contributed by atoms with Crippen molar-refractivity contribution >= 4 is 17.8 Å². The maximum atomic E-state index is 13.6. The summed E-state index contributed by atoms with van der Waals surface area (Å²) in [6.07, 6.45) is 4.94. The summed E-state index contributed by atoms with van der Waals surface area (Å²) in [4.78, 5) is 31.0. The largest absolute Gasteiger partial charge is 0.458 e. The van der Waals surface area contributed by atoms with Gasteiger partial charge in [0.05, 0.1) is 41.4 Å². The molecule has 2 N–H and O–H groups in total. The van der Waals surface area contributed by atoms with Crippen LogP contribution in [0.25, 0.3) is 6.08 Å². The summed E-state index contributed by atoms with van der Waals surface area (Å²) in [5.41, 5.74) is 0.0977. The third-order valence-electron chi connectivity index (χ3n) is 8.40. The Morgan fingerprint density at radius 3 is 2.59 bits per heavy atom. The van der Waals surface area contributed by atoms with Crippen molar-refractivity contribution in [2.45, 2.75) is 117 Å². The maximum Gasteiger partial charge on any atom is 0.309 e. The van der Waals surface area contributed by atoms with Crippen LogP contribution in [0.2, 0.25) is 0 Å². The molecule has 0 radical (unpaired) electrons. The number of fused-ring (bicyclic) bond motifs is 1. The van der Waals surface area contributed by atoms with E-state index in [-0.39, 0.29) is 29.8 Å². The molecule has 7 heteroatoms. The number of aliphatic hydroxyl groups is 2. The molecule has 2 aliphatic rings. The van der Waals surface area contributed by atoms with Crippen molar-refractivity contribution in [3.8, 4) is 0 Å². The number of epoxide rings is 1. The van der Waals surface area contributed by atoms with E-state index in [0.717, 1.165) is 37.0 Å². The second kappa shape index (κ2) is 12.2. The van der Waals surface area contributed by atoms with Crippen LogP contribution in [0.5, 0.6) is 0 Å². The number of rotatable bonds is 4. The fraction of sp³-hybridized carbons (Fsp3) is 0.700. The van der Waals surface area contributed by atoms with Crippen molar-refractivity contribution in [3.05, 3.63) is 35.7 Å². The molecule has 206 valence electrons. The molecule has 37 heavy (non-hydrogen) atoms. The van der Waals surface area contributed by atoms with Crippen LogP contribution in [-0.4, -0.2) is 57.0 Å². The van der Waals surface area contributed by atoms with Gasteiger partial charge in [-0.3, -0.25) is 14.6 Å². The normalized spacial score (nSPS) is 35.9. The molecule has 0 bridgehead atoms. The van der Waals surface area contributed by atoms with E-state index in [1.165, 1.54) is 0 Å². The number of cyclic esters (lactones) is 1. The molecule has 0 aromatic carbocycles. The third kappa shape index (κ3) is 7.27. The zero-order valence-corrected chi connectivity index (χ0v) is 23.3. The molecular weight excluding hydrogens is 470 g/mol. The number of hydrogen-bond donors (Lipinski definition) is 2. The van der Waals surface area contributed by atoms with Crippen LogP contribution >= 0.6 is 0 Å². The van der Waals surface area contributed by atoms with Crippen molar-refractivity contribution in [1.29, 1.82) is 0 Å². The van der Waals surface area contributed by atoms with Gasteiger partial charge in [-0.25, -0.2) is 0 Å². The van der Waals surface area contributed by atoms with Crippen LogP contribution < -0.4 is 0 Å². The van der Waals surface area contributed by atoms with E-state index in [1.54, 1.807) is 20.0 Å². The van der Waals surface area contributed by atoms with E-state index in [0.29, 0.717) is 12.8 Å². The molecule has 1 aromatic rings. The summed E-state index contributed by atoms with van der Waals surface area (Å²) >= 11 is 0. The van der Waals surface area contributed by atoms with Gasteiger partial charge in [-0.1, -0.05) is 46.6 Å². The van der Waals surface area contributed by atoms with Crippen LogP contribution in [0.4, 0.5) is 0 Å². The highest BCUT2D eigenvalue weighted by Gasteiger charge is 2.53. The Hall–Kier alpha value is -2.09. The maximum absolute atomic E-state index is 13.6. The zero-order chi connectivity index (χ0) is 27.4. The summed E-state index contributed by atoms with van der Waals surface area (Å²) in [6, 6.07) is 5.63. The van der Waals surface area contributed by atoms with Crippen LogP contribution in [-0.2, 0) is 19.1 Å². The van der Waals surface area contributed by atoms with E-state index in [4.69, 9.17) is 9.47 Å². The monoisotopic (exact) mass is 515 g/mol. The average molecular weight is 516 g/mol. The second-order valence-corrected chi connectivity index (χ2v) is 11.8. The van der Waals surface area contributed by atoms with Gasteiger partial charge in [-0.05, 0) is 62.8 Å². The van der Waals surface area contributed by atoms with E-state index >= 15 is 0 Å². The molecule has 0 aliphatic carbocycles. The minimum Gasteiger partial charge on any atom is -0.458 e. The number of pyridine rings is 1. The van der Waals surface area contributed by atoms with Gasteiger partial charge in [0.25, 0.3) is 0 Å². The predicted molar refractivity (Wildman–Crippen MR) is 142 cm³/mol. The van der Waals surface area contributed by atoms with Gasteiger partial charge in [-0.15, -0.1) is 0 Å². The Kier molecular flexibility index (Phi) is 9.70. The second-order valence-electron chi connectivity index (χ2n) is 11.8. The topological polar surface area (TPSA) is 109 Å².